The van der Waals surface area contributed by atoms with Gasteiger partial charge in [-0.1, -0.05) is 75.8 Å². The zero-order valence-corrected chi connectivity index (χ0v) is 22.1. The molecule has 0 unspecified atom stereocenters. The normalized spacial score (nSPS) is 13.6. The van der Waals surface area contributed by atoms with Crippen LogP contribution in [0.5, 0.6) is 5.75 Å². The molecule has 37 heavy (non-hydrogen) atoms. The first-order valence-electron chi connectivity index (χ1n) is 14.0. The lowest BCUT2D eigenvalue weighted by Gasteiger charge is -2.21. The third-order valence-corrected chi connectivity index (χ3v) is 6.85. The third-order valence-electron chi connectivity index (χ3n) is 6.85. The van der Waals surface area contributed by atoms with Gasteiger partial charge in [-0.3, -0.25) is 0 Å². The van der Waals surface area contributed by atoms with Crippen LogP contribution in [0.3, 0.4) is 0 Å². The second kappa shape index (κ2) is 16.6. The molecular formula is C32H42O5. The summed E-state index contributed by atoms with van der Waals surface area (Å²) in [5.74, 6) is 0.331. The molecule has 5 heteroatoms. The van der Waals surface area contributed by atoms with Gasteiger partial charge in [-0.2, -0.15) is 0 Å². The molecule has 200 valence electrons. The van der Waals surface area contributed by atoms with Gasteiger partial charge in [0.2, 0.25) is 0 Å². The molecule has 0 heterocycles. The van der Waals surface area contributed by atoms with Crippen molar-refractivity contribution < 1.29 is 23.8 Å². The maximum atomic E-state index is 12.4. The average Bonchev–Trinajstić information content (AvgIpc) is 2.94. The number of rotatable bonds is 16. The molecule has 1 aliphatic carbocycles. The minimum atomic E-state index is -0.336. The summed E-state index contributed by atoms with van der Waals surface area (Å²) in [5.41, 5.74) is 2.78. The highest BCUT2D eigenvalue weighted by Gasteiger charge is 2.18. The Morgan fingerprint density at radius 3 is 1.86 bits per heavy atom. The number of benzene rings is 2. The summed E-state index contributed by atoms with van der Waals surface area (Å²) in [7, 11) is 0. The smallest absolute Gasteiger partial charge is 0.338 e. The quantitative estimate of drug-likeness (QED) is 0.131. The lowest BCUT2D eigenvalue weighted by atomic mass is 9.98. The summed E-state index contributed by atoms with van der Waals surface area (Å²) in [6, 6.07) is 15.8. The van der Waals surface area contributed by atoms with Crippen molar-refractivity contribution in [3.63, 3.8) is 0 Å². The molecule has 5 nitrogen and oxygen atoms in total. The molecule has 0 atom stereocenters. The van der Waals surface area contributed by atoms with Crippen LogP contribution in [-0.2, 0) is 14.3 Å². The molecule has 0 aromatic heterocycles. The summed E-state index contributed by atoms with van der Waals surface area (Å²) < 4.78 is 16.6. The van der Waals surface area contributed by atoms with Crippen LogP contribution in [-0.4, -0.2) is 31.3 Å². The van der Waals surface area contributed by atoms with E-state index in [0.717, 1.165) is 68.4 Å². The fraction of sp³-hybridized carbons (Fsp3) is 0.500. The maximum Gasteiger partial charge on any atom is 0.338 e. The number of hydrogen-bond acceptors (Lipinski definition) is 5. The van der Waals surface area contributed by atoms with E-state index in [1.165, 1.54) is 44.6 Å². The van der Waals surface area contributed by atoms with Crippen molar-refractivity contribution in [2.45, 2.75) is 89.6 Å². The number of esters is 2. The van der Waals surface area contributed by atoms with Gasteiger partial charge in [0.25, 0.3) is 0 Å². The highest BCUT2D eigenvalue weighted by Crippen LogP contribution is 2.25. The van der Waals surface area contributed by atoms with Crippen LogP contribution >= 0.6 is 0 Å². The number of hydrogen-bond donors (Lipinski definition) is 0. The van der Waals surface area contributed by atoms with Gasteiger partial charge in [0, 0.05) is 6.08 Å². The molecule has 0 bridgehead atoms. The maximum absolute atomic E-state index is 12.4. The van der Waals surface area contributed by atoms with Crippen molar-refractivity contribution in [2.24, 2.45) is 0 Å². The van der Waals surface area contributed by atoms with Gasteiger partial charge in [0.15, 0.2) is 0 Å². The van der Waals surface area contributed by atoms with Crippen LogP contribution in [0.15, 0.2) is 61.2 Å². The second-order valence-electron chi connectivity index (χ2n) is 9.82. The van der Waals surface area contributed by atoms with E-state index in [9.17, 15) is 9.59 Å². The van der Waals surface area contributed by atoms with E-state index in [1.54, 1.807) is 0 Å². The Balaban J connectivity index is 1.26. The van der Waals surface area contributed by atoms with Crippen molar-refractivity contribution in [3.05, 3.63) is 66.7 Å². The Hall–Kier alpha value is -3.08. The van der Waals surface area contributed by atoms with E-state index in [0.29, 0.717) is 12.2 Å². The van der Waals surface area contributed by atoms with Gasteiger partial charge in [-0.15, -0.1) is 0 Å². The van der Waals surface area contributed by atoms with Crippen LogP contribution in [0.4, 0.5) is 0 Å². The number of ether oxygens (including phenoxy) is 3. The fourth-order valence-electron chi connectivity index (χ4n) is 4.63. The minimum absolute atomic E-state index is 0.0757. The molecule has 1 aliphatic rings. The first kappa shape index (κ1) is 28.5. The van der Waals surface area contributed by atoms with Crippen molar-refractivity contribution in [2.75, 3.05) is 13.2 Å². The highest BCUT2D eigenvalue weighted by atomic mass is 16.5. The summed E-state index contributed by atoms with van der Waals surface area (Å²) in [5, 5.41) is 0. The Labute approximate surface area is 222 Å². The Bertz CT molecular complexity index is 942. The van der Waals surface area contributed by atoms with E-state index in [2.05, 4.69) is 18.7 Å². The van der Waals surface area contributed by atoms with Gasteiger partial charge in [0.05, 0.1) is 18.8 Å². The molecule has 2 aromatic rings. The molecule has 0 radical (unpaired) electrons. The molecule has 3 rings (SSSR count). The fourth-order valence-corrected chi connectivity index (χ4v) is 4.63. The van der Waals surface area contributed by atoms with E-state index in [1.807, 2.05) is 36.4 Å². The number of unbranched alkanes of at least 4 members (excludes halogenated alkanes) is 7. The first-order valence-corrected chi connectivity index (χ1v) is 14.0. The van der Waals surface area contributed by atoms with E-state index >= 15 is 0 Å². The largest absolute Gasteiger partial charge is 0.494 e. The van der Waals surface area contributed by atoms with Crippen molar-refractivity contribution in [3.8, 4) is 16.9 Å². The molecule has 0 N–H and O–H groups in total. The monoisotopic (exact) mass is 506 g/mol. The van der Waals surface area contributed by atoms with Gasteiger partial charge < -0.3 is 14.2 Å². The Morgan fingerprint density at radius 2 is 1.27 bits per heavy atom. The van der Waals surface area contributed by atoms with Crippen LogP contribution in [0.2, 0.25) is 0 Å². The lowest BCUT2D eigenvalue weighted by molar-refractivity contribution is -0.137. The summed E-state index contributed by atoms with van der Waals surface area (Å²) in [6.45, 7) is 4.61. The molecule has 0 spiro atoms. The highest BCUT2D eigenvalue weighted by molar-refractivity contribution is 5.90. The van der Waals surface area contributed by atoms with Crippen LogP contribution in [0, 0.1) is 0 Å². The van der Waals surface area contributed by atoms with Gasteiger partial charge >= 0.3 is 11.9 Å². The van der Waals surface area contributed by atoms with E-state index in [4.69, 9.17) is 14.2 Å². The molecule has 1 fully saturated rings. The zero-order valence-electron chi connectivity index (χ0n) is 22.1. The van der Waals surface area contributed by atoms with Crippen molar-refractivity contribution >= 4 is 11.9 Å². The molecule has 0 aliphatic heterocycles. The Morgan fingerprint density at radius 1 is 0.730 bits per heavy atom. The topological polar surface area (TPSA) is 61.8 Å². The van der Waals surface area contributed by atoms with Gasteiger partial charge in [0.1, 0.15) is 11.9 Å². The Kier molecular flexibility index (Phi) is 12.8. The van der Waals surface area contributed by atoms with Crippen molar-refractivity contribution in [1.29, 1.82) is 0 Å². The predicted octanol–water partition coefficient (Wildman–Crippen LogP) is 8.07. The SMILES string of the molecule is C=CC(=O)OCCCCCCCCCCOc1ccc(-c2ccc(C(=O)OC3CCCCC3)cc2)cc1. The molecular weight excluding hydrogens is 464 g/mol. The summed E-state index contributed by atoms with van der Waals surface area (Å²) >= 11 is 0. The number of carbonyl (C=O) groups is 2. The molecule has 0 amide bonds. The predicted molar refractivity (Wildman–Crippen MR) is 148 cm³/mol. The second-order valence-corrected chi connectivity index (χ2v) is 9.82. The first-order chi connectivity index (χ1) is 18.2. The van der Waals surface area contributed by atoms with Crippen LogP contribution in [0.1, 0.15) is 93.8 Å². The lowest BCUT2D eigenvalue weighted by Crippen LogP contribution is -2.20. The van der Waals surface area contributed by atoms with E-state index < -0.39 is 0 Å². The molecule has 2 aromatic carbocycles. The van der Waals surface area contributed by atoms with Gasteiger partial charge in [-0.05, 0) is 73.9 Å². The average molecular weight is 507 g/mol. The standard InChI is InChI=1S/C32H42O5/c1-2-31(33)36-25-13-8-6-4-3-5-7-12-24-35-29-22-20-27(21-23-29)26-16-18-28(19-17-26)32(34)37-30-14-10-9-11-15-30/h2,16-23,30H,1,3-15,24-25H2. The summed E-state index contributed by atoms with van der Waals surface area (Å²) in [4.78, 5) is 23.4. The van der Waals surface area contributed by atoms with E-state index in [-0.39, 0.29) is 18.0 Å². The minimum Gasteiger partial charge on any atom is -0.494 e. The van der Waals surface area contributed by atoms with Crippen LogP contribution < -0.4 is 4.74 Å². The summed E-state index contributed by atoms with van der Waals surface area (Å²) in [6.07, 6.45) is 15.9. The van der Waals surface area contributed by atoms with Crippen LogP contribution in [0.25, 0.3) is 11.1 Å². The third kappa shape index (κ3) is 10.8. The number of carbonyl (C=O) groups excluding carboxylic acids is 2. The van der Waals surface area contributed by atoms with Gasteiger partial charge in [-0.25, -0.2) is 9.59 Å². The molecule has 1 saturated carbocycles. The van der Waals surface area contributed by atoms with Crippen molar-refractivity contribution in [1.82, 2.24) is 0 Å². The zero-order chi connectivity index (χ0) is 26.1. The molecule has 0 saturated heterocycles.